The summed E-state index contributed by atoms with van der Waals surface area (Å²) >= 11 is 0. The third-order valence-corrected chi connectivity index (χ3v) is 3.14. The van der Waals surface area contributed by atoms with Gasteiger partial charge in [-0.05, 0) is 24.3 Å². The van der Waals surface area contributed by atoms with Crippen molar-refractivity contribution >= 4 is 11.8 Å². The lowest BCUT2D eigenvalue weighted by Crippen LogP contribution is -2.03. The van der Waals surface area contributed by atoms with Crippen LogP contribution in [0.25, 0.3) is 0 Å². The van der Waals surface area contributed by atoms with Gasteiger partial charge in [0.05, 0.1) is 19.8 Å². The molecule has 6 heteroatoms. The molecule has 0 aliphatic heterocycles. The summed E-state index contributed by atoms with van der Waals surface area (Å²) in [5.74, 6) is -0.488. The minimum atomic E-state index is -1.09. The predicted molar refractivity (Wildman–Crippen MR) is 75.4 cm³/mol. The van der Waals surface area contributed by atoms with E-state index in [2.05, 4.69) is 0 Å². The number of ether oxygens (including phenoxy) is 2. The quantitative estimate of drug-likeness (QED) is 0.851. The number of carbonyl (C=O) groups excluding carboxylic acids is 1. The van der Waals surface area contributed by atoms with Crippen molar-refractivity contribution in [2.75, 3.05) is 14.2 Å². The molecule has 1 heterocycles. The topological polar surface area (TPSA) is 77.8 Å². The number of nitrogens with zero attached hydrogens (tertiary/aromatic N) is 1. The number of carboxylic acid groups (broad SMARTS) is 1. The Labute approximate surface area is 121 Å². The lowest BCUT2D eigenvalue weighted by atomic mass is 10.0. The highest BCUT2D eigenvalue weighted by molar-refractivity contribution is 6.11. The molecular weight excluding hydrogens is 274 g/mol. The van der Waals surface area contributed by atoms with E-state index in [9.17, 15) is 9.59 Å². The Morgan fingerprint density at radius 3 is 2.38 bits per heavy atom. The fourth-order valence-electron chi connectivity index (χ4n) is 2.05. The number of ketones is 1. The third-order valence-electron chi connectivity index (χ3n) is 3.14. The van der Waals surface area contributed by atoms with Crippen molar-refractivity contribution in [2.24, 2.45) is 7.05 Å². The van der Waals surface area contributed by atoms with E-state index in [0.29, 0.717) is 17.1 Å². The van der Waals surface area contributed by atoms with Gasteiger partial charge >= 0.3 is 5.97 Å². The van der Waals surface area contributed by atoms with E-state index in [0.717, 1.165) is 0 Å². The van der Waals surface area contributed by atoms with Crippen molar-refractivity contribution in [1.82, 2.24) is 4.57 Å². The average molecular weight is 289 g/mol. The number of aryl methyl sites for hydroxylation is 1. The van der Waals surface area contributed by atoms with Crippen molar-refractivity contribution in [2.45, 2.75) is 0 Å². The normalized spacial score (nSPS) is 10.2. The van der Waals surface area contributed by atoms with Gasteiger partial charge in [0.1, 0.15) is 17.2 Å². The van der Waals surface area contributed by atoms with Crippen LogP contribution < -0.4 is 9.47 Å². The summed E-state index contributed by atoms with van der Waals surface area (Å²) in [4.78, 5) is 23.6. The number of methoxy groups -OCH3 is 2. The summed E-state index contributed by atoms with van der Waals surface area (Å²) in [6, 6.07) is 6.22. The van der Waals surface area contributed by atoms with E-state index >= 15 is 0 Å². The molecule has 0 amide bonds. The summed E-state index contributed by atoms with van der Waals surface area (Å²) in [6.07, 6.45) is 1.48. The molecule has 21 heavy (non-hydrogen) atoms. The van der Waals surface area contributed by atoms with E-state index in [4.69, 9.17) is 14.6 Å². The maximum absolute atomic E-state index is 12.5. The van der Waals surface area contributed by atoms with Gasteiger partial charge in [0.25, 0.3) is 0 Å². The van der Waals surface area contributed by atoms with Crippen LogP contribution in [0.2, 0.25) is 0 Å². The van der Waals surface area contributed by atoms with Crippen LogP contribution in [0.3, 0.4) is 0 Å². The standard InChI is InChI=1S/C15H15NO5/c1-16-8-9(6-12(16)15(18)19)14(17)11-7-10(20-2)4-5-13(11)21-3/h4-8H,1-3H3,(H,18,19). The van der Waals surface area contributed by atoms with Crippen LogP contribution in [0.15, 0.2) is 30.5 Å². The van der Waals surface area contributed by atoms with E-state index in [-0.39, 0.29) is 17.0 Å². The highest BCUT2D eigenvalue weighted by atomic mass is 16.5. The smallest absolute Gasteiger partial charge is 0.352 e. The molecule has 110 valence electrons. The van der Waals surface area contributed by atoms with Crippen LogP contribution >= 0.6 is 0 Å². The molecule has 0 unspecified atom stereocenters. The Morgan fingerprint density at radius 2 is 1.86 bits per heavy atom. The molecule has 0 saturated heterocycles. The Bertz CT molecular complexity index is 702. The second-order valence-electron chi connectivity index (χ2n) is 4.43. The predicted octanol–water partition coefficient (Wildman–Crippen LogP) is 1.97. The van der Waals surface area contributed by atoms with Gasteiger partial charge in [-0.2, -0.15) is 0 Å². The molecule has 0 saturated carbocycles. The Morgan fingerprint density at radius 1 is 1.14 bits per heavy atom. The first-order chi connectivity index (χ1) is 9.97. The second kappa shape index (κ2) is 5.70. The zero-order valence-electron chi connectivity index (χ0n) is 11.9. The molecule has 0 fully saturated rings. The van der Waals surface area contributed by atoms with Crippen molar-refractivity contribution in [3.8, 4) is 11.5 Å². The Hall–Kier alpha value is -2.76. The minimum Gasteiger partial charge on any atom is -0.497 e. The van der Waals surface area contributed by atoms with Gasteiger partial charge < -0.3 is 19.1 Å². The first-order valence-electron chi connectivity index (χ1n) is 6.14. The number of hydrogen-bond donors (Lipinski definition) is 1. The van der Waals surface area contributed by atoms with Gasteiger partial charge in [-0.3, -0.25) is 4.79 Å². The molecule has 0 atom stereocenters. The van der Waals surface area contributed by atoms with Crippen LogP contribution in [0.5, 0.6) is 11.5 Å². The SMILES string of the molecule is COc1ccc(OC)c(C(=O)c2cc(C(=O)O)n(C)c2)c1. The second-order valence-corrected chi connectivity index (χ2v) is 4.43. The van der Waals surface area contributed by atoms with E-state index in [1.54, 1.807) is 25.2 Å². The molecule has 0 aliphatic carbocycles. The van der Waals surface area contributed by atoms with E-state index in [1.807, 2.05) is 0 Å². The van der Waals surface area contributed by atoms with Crippen LogP contribution in [0.4, 0.5) is 0 Å². The molecule has 0 spiro atoms. The zero-order chi connectivity index (χ0) is 15.6. The number of aromatic nitrogens is 1. The first kappa shape index (κ1) is 14.6. The average Bonchev–Trinajstić information content (AvgIpc) is 2.88. The molecule has 1 aromatic heterocycles. The molecule has 1 N–H and O–H groups in total. The highest BCUT2D eigenvalue weighted by Crippen LogP contribution is 2.26. The molecule has 2 aromatic rings. The molecule has 2 rings (SSSR count). The number of benzene rings is 1. The minimum absolute atomic E-state index is 0.0419. The van der Waals surface area contributed by atoms with Crippen LogP contribution in [0, 0.1) is 0 Å². The third kappa shape index (κ3) is 2.74. The summed E-state index contributed by atoms with van der Waals surface area (Å²) in [5.41, 5.74) is 0.640. The van der Waals surface area contributed by atoms with E-state index in [1.165, 1.54) is 31.0 Å². The maximum atomic E-state index is 12.5. The fourth-order valence-corrected chi connectivity index (χ4v) is 2.05. The fraction of sp³-hybridized carbons (Fsp3) is 0.200. The van der Waals surface area contributed by atoms with Crippen molar-refractivity contribution in [3.05, 3.63) is 47.3 Å². The molecular formula is C15H15NO5. The highest BCUT2D eigenvalue weighted by Gasteiger charge is 2.20. The lowest BCUT2D eigenvalue weighted by molar-refractivity contribution is 0.0686. The number of rotatable bonds is 5. The summed E-state index contributed by atoms with van der Waals surface area (Å²) < 4.78 is 11.7. The first-order valence-corrected chi connectivity index (χ1v) is 6.14. The largest absolute Gasteiger partial charge is 0.497 e. The van der Waals surface area contributed by atoms with Gasteiger partial charge in [-0.1, -0.05) is 0 Å². The lowest BCUT2D eigenvalue weighted by Gasteiger charge is -2.08. The van der Waals surface area contributed by atoms with Crippen LogP contribution in [0.1, 0.15) is 26.4 Å². The van der Waals surface area contributed by atoms with Gasteiger partial charge in [0, 0.05) is 18.8 Å². The summed E-state index contributed by atoms with van der Waals surface area (Å²) in [6.45, 7) is 0. The van der Waals surface area contributed by atoms with Gasteiger partial charge in [0.15, 0.2) is 5.78 Å². The number of carboxylic acids is 1. The number of hydrogen-bond acceptors (Lipinski definition) is 4. The van der Waals surface area contributed by atoms with E-state index < -0.39 is 5.97 Å². The van der Waals surface area contributed by atoms with Crippen LogP contribution in [-0.2, 0) is 7.05 Å². The molecule has 1 aromatic carbocycles. The monoisotopic (exact) mass is 289 g/mol. The van der Waals surface area contributed by atoms with Gasteiger partial charge in [0.2, 0.25) is 0 Å². The summed E-state index contributed by atoms with van der Waals surface area (Å²) in [7, 11) is 4.54. The van der Waals surface area contributed by atoms with Crippen molar-refractivity contribution < 1.29 is 24.2 Å². The Balaban J connectivity index is 2.48. The number of aromatic carboxylic acids is 1. The van der Waals surface area contributed by atoms with Gasteiger partial charge in [-0.15, -0.1) is 0 Å². The van der Waals surface area contributed by atoms with Crippen molar-refractivity contribution in [3.63, 3.8) is 0 Å². The Kier molecular flexibility index (Phi) is 3.98. The summed E-state index contributed by atoms with van der Waals surface area (Å²) in [5, 5.41) is 9.04. The molecule has 0 bridgehead atoms. The van der Waals surface area contributed by atoms with Crippen molar-refractivity contribution in [1.29, 1.82) is 0 Å². The number of carbonyl (C=O) groups is 2. The van der Waals surface area contributed by atoms with Gasteiger partial charge in [-0.25, -0.2) is 4.79 Å². The maximum Gasteiger partial charge on any atom is 0.352 e. The molecule has 0 radical (unpaired) electrons. The zero-order valence-corrected chi connectivity index (χ0v) is 11.9. The molecule has 0 aliphatic rings. The molecule has 6 nitrogen and oxygen atoms in total. The van der Waals surface area contributed by atoms with Crippen LogP contribution in [-0.4, -0.2) is 35.6 Å².